The van der Waals surface area contributed by atoms with Gasteiger partial charge in [-0.15, -0.1) is 11.3 Å². The normalized spacial score (nSPS) is 11.4. The number of benzene rings is 1. The van der Waals surface area contributed by atoms with Crippen molar-refractivity contribution in [2.24, 2.45) is 0 Å². The second-order valence-electron chi connectivity index (χ2n) is 7.01. The standard InChI is InChI=1S/C23H21N3O5S2/c1-4-30-23(27)20-15(2)25-19-11-14-32-22(19)21(20)26(3)33(28,29)18-7-5-16(6-8-18)31-17-9-12-24-13-10-17/h5-14H,4H2,1-3H3. The second-order valence-corrected chi connectivity index (χ2v) is 9.89. The predicted octanol–water partition coefficient (Wildman–Crippen LogP) is 4.79. The molecule has 4 aromatic rings. The average molecular weight is 484 g/mol. The molecular formula is C23H21N3O5S2. The predicted molar refractivity (Wildman–Crippen MR) is 127 cm³/mol. The van der Waals surface area contributed by atoms with Gasteiger partial charge in [-0.1, -0.05) is 0 Å². The summed E-state index contributed by atoms with van der Waals surface area (Å²) in [6.07, 6.45) is 3.21. The minimum Gasteiger partial charge on any atom is -0.462 e. The number of anilines is 1. The van der Waals surface area contributed by atoms with Gasteiger partial charge in [0.1, 0.15) is 17.1 Å². The number of carbonyl (C=O) groups excluding carboxylic acids is 1. The molecule has 10 heteroatoms. The third-order valence-corrected chi connectivity index (χ3v) is 7.59. The van der Waals surface area contributed by atoms with Crippen molar-refractivity contribution >= 4 is 43.2 Å². The number of ether oxygens (including phenoxy) is 2. The molecule has 0 saturated heterocycles. The maximum Gasteiger partial charge on any atom is 0.342 e. The van der Waals surface area contributed by atoms with Crippen LogP contribution in [-0.2, 0) is 14.8 Å². The molecule has 0 aliphatic rings. The first-order valence-electron chi connectivity index (χ1n) is 10.0. The molecule has 4 rings (SSSR count). The molecule has 33 heavy (non-hydrogen) atoms. The van der Waals surface area contributed by atoms with Crippen LogP contribution in [0.5, 0.6) is 11.5 Å². The minimum absolute atomic E-state index is 0.0565. The van der Waals surface area contributed by atoms with Crippen LogP contribution in [0.15, 0.2) is 65.1 Å². The molecule has 0 saturated carbocycles. The Morgan fingerprint density at radius 3 is 2.39 bits per heavy atom. The lowest BCUT2D eigenvalue weighted by molar-refractivity contribution is 0.0526. The zero-order chi connectivity index (χ0) is 23.6. The van der Waals surface area contributed by atoms with Gasteiger partial charge in [0.05, 0.1) is 33.1 Å². The Labute approximate surface area is 195 Å². The van der Waals surface area contributed by atoms with Gasteiger partial charge in [0, 0.05) is 19.4 Å². The molecule has 0 aliphatic heterocycles. The molecular weight excluding hydrogens is 462 g/mol. The van der Waals surface area contributed by atoms with Crippen LogP contribution in [0.2, 0.25) is 0 Å². The van der Waals surface area contributed by atoms with Crippen molar-refractivity contribution in [1.29, 1.82) is 0 Å². The summed E-state index contributed by atoms with van der Waals surface area (Å²) in [6, 6.07) is 11.3. The summed E-state index contributed by atoms with van der Waals surface area (Å²) in [4.78, 5) is 21.2. The quantitative estimate of drug-likeness (QED) is 0.348. The monoisotopic (exact) mass is 483 g/mol. The van der Waals surface area contributed by atoms with Crippen LogP contribution in [0.1, 0.15) is 23.0 Å². The second kappa shape index (κ2) is 9.16. The smallest absolute Gasteiger partial charge is 0.342 e. The van der Waals surface area contributed by atoms with Crippen molar-refractivity contribution in [2.75, 3.05) is 18.0 Å². The third kappa shape index (κ3) is 4.39. The Hall–Kier alpha value is -3.50. The number of aryl methyl sites for hydroxylation is 1. The van der Waals surface area contributed by atoms with Gasteiger partial charge < -0.3 is 9.47 Å². The number of aromatic nitrogens is 2. The Balaban J connectivity index is 1.74. The summed E-state index contributed by atoms with van der Waals surface area (Å²) in [5.41, 5.74) is 1.40. The summed E-state index contributed by atoms with van der Waals surface area (Å²) < 4.78 is 39.7. The lowest BCUT2D eigenvalue weighted by Gasteiger charge is -2.23. The van der Waals surface area contributed by atoms with Crippen LogP contribution >= 0.6 is 11.3 Å². The number of pyridine rings is 2. The van der Waals surface area contributed by atoms with Crippen LogP contribution in [-0.4, -0.2) is 38.0 Å². The van der Waals surface area contributed by atoms with E-state index >= 15 is 0 Å². The Kier molecular flexibility index (Phi) is 6.30. The van der Waals surface area contributed by atoms with Gasteiger partial charge in [0.25, 0.3) is 10.0 Å². The van der Waals surface area contributed by atoms with E-state index in [2.05, 4.69) is 9.97 Å². The lowest BCUT2D eigenvalue weighted by atomic mass is 10.1. The van der Waals surface area contributed by atoms with E-state index < -0.39 is 16.0 Å². The Bertz CT molecular complexity index is 1400. The number of hydrogen-bond acceptors (Lipinski definition) is 8. The summed E-state index contributed by atoms with van der Waals surface area (Å²) in [7, 11) is -2.58. The molecule has 0 spiro atoms. The van der Waals surface area contributed by atoms with Crippen LogP contribution in [0.3, 0.4) is 0 Å². The fourth-order valence-electron chi connectivity index (χ4n) is 3.34. The highest BCUT2D eigenvalue weighted by Gasteiger charge is 2.30. The van der Waals surface area contributed by atoms with E-state index in [-0.39, 0.29) is 22.8 Å². The molecule has 8 nitrogen and oxygen atoms in total. The summed E-state index contributed by atoms with van der Waals surface area (Å²) >= 11 is 1.31. The molecule has 0 N–H and O–H groups in total. The van der Waals surface area contributed by atoms with Crippen molar-refractivity contribution in [2.45, 2.75) is 18.7 Å². The van der Waals surface area contributed by atoms with Crippen molar-refractivity contribution in [1.82, 2.24) is 9.97 Å². The largest absolute Gasteiger partial charge is 0.462 e. The van der Waals surface area contributed by atoms with Crippen molar-refractivity contribution in [3.63, 3.8) is 0 Å². The van der Waals surface area contributed by atoms with Gasteiger partial charge >= 0.3 is 5.97 Å². The number of esters is 1. The first-order chi connectivity index (χ1) is 15.8. The van der Waals surface area contributed by atoms with Gasteiger partial charge in [-0.25, -0.2) is 13.2 Å². The van der Waals surface area contributed by atoms with E-state index in [0.29, 0.717) is 27.4 Å². The summed E-state index contributed by atoms with van der Waals surface area (Å²) in [5, 5.41) is 1.81. The number of rotatable bonds is 7. The van der Waals surface area contributed by atoms with Crippen LogP contribution in [0.25, 0.3) is 10.2 Å². The van der Waals surface area contributed by atoms with E-state index in [0.717, 1.165) is 4.31 Å². The molecule has 3 aromatic heterocycles. The number of hydrogen-bond donors (Lipinski definition) is 0. The van der Waals surface area contributed by atoms with Gasteiger partial charge in [-0.3, -0.25) is 14.3 Å². The highest BCUT2D eigenvalue weighted by Crippen LogP contribution is 2.38. The molecule has 0 fully saturated rings. The zero-order valence-electron chi connectivity index (χ0n) is 18.2. The maximum absolute atomic E-state index is 13.5. The van der Waals surface area contributed by atoms with Crippen molar-refractivity contribution in [3.8, 4) is 11.5 Å². The van der Waals surface area contributed by atoms with Crippen LogP contribution in [0, 0.1) is 6.92 Å². The Morgan fingerprint density at radius 1 is 1.06 bits per heavy atom. The number of carbonyl (C=O) groups is 1. The van der Waals surface area contributed by atoms with E-state index in [4.69, 9.17) is 9.47 Å². The van der Waals surface area contributed by atoms with E-state index in [1.54, 1.807) is 62.0 Å². The average Bonchev–Trinajstić information content (AvgIpc) is 3.27. The van der Waals surface area contributed by atoms with Gasteiger partial charge in [-0.05, 0) is 61.7 Å². The molecule has 1 aromatic carbocycles. The summed E-state index contributed by atoms with van der Waals surface area (Å²) in [6.45, 7) is 3.52. The number of thiophene rings is 1. The van der Waals surface area contributed by atoms with E-state index in [9.17, 15) is 13.2 Å². The van der Waals surface area contributed by atoms with Gasteiger partial charge in [-0.2, -0.15) is 0 Å². The number of sulfonamides is 1. The molecule has 0 radical (unpaired) electrons. The number of fused-ring (bicyclic) bond motifs is 1. The molecule has 0 atom stereocenters. The van der Waals surface area contributed by atoms with E-state index in [1.807, 2.05) is 0 Å². The van der Waals surface area contributed by atoms with Crippen molar-refractivity contribution < 1.29 is 22.7 Å². The fourth-order valence-corrected chi connectivity index (χ4v) is 5.53. The van der Waals surface area contributed by atoms with Crippen molar-refractivity contribution in [3.05, 3.63) is 71.5 Å². The molecule has 170 valence electrons. The first-order valence-corrected chi connectivity index (χ1v) is 12.4. The Morgan fingerprint density at radius 2 is 1.73 bits per heavy atom. The summed E-state index contributed by atoms with van der Waals surface area (Å²) in [5.74, 6) is 0.454. The maximum atomic E-state index is 13.5. The third-order valence-electron chi connectivity index (χ3n) is 4.91. The molecule has 3 heterocycles. The molecule has 0 aliphatic carbocycles. The number of nitrogens with zero attached hydrogens (tertiary/aromatic N) is 3. The minimum atomic E-state index is -4.00. The molecule has 0 unspecified atom stereocenters. The lowest BCUT2D eigenvalue weighted by Crippen LogP contribution is -2.29. The fraction of sp³-hybridized carbons (Fsp3) is 0.174. The topological polar surface area (TPSA) is 98.7 Å². The van der Waals surface area contributed by atoms with Crippen LogP contribution in [0.4, 0.5) is 5.69 Å². The van der Waals surface area contributed by atoms with Gasteiger partial charge in [0.15, 0.2) is 0 Å². The highest BCUT2D eigenvalue weighted by molar-refractivity contribution is 7.92. The van der Waals surface area contributed by atoms with Crippen LogP contribution < -0.4 is 9.04 Å². The molecule has 0 amide bonds. The van der Waals surface area contributed by atoms with Gasteiger partial charge in [0.2, 0.25) is 0 Å². The zero-order valence-corrected chi connectivity index (χ0v) is 19.8. The highest BCUT2D eigenvalue weighted by atomic mass is 32.2. The SMILES string of the molecule is CCOC(=O)c1c(C)nc2ccsc2c1N(C)S(=O)(=O)c1ccc(Oc2ccncc2)cc1. The molecule has 0 bridgehead atoms. The first kappa shape index (κ1) is 22.7. The van der Waals surface area contributed by atoms with E-state index in [1.165, 1.54) is 30.5 Å².